The second kappa shape index (κ2) is 10.5. The van der Waals surface area contributed by atoms with Crippen LogP contribution in [0.1, 0.15) is 37.0 Å². The van der Waals surface area contributed by atoms with Crippen molar-refractivity contribution < 1.29 is 18.0 Å². The van der Waals surface area contributed by atoms with Gasteiger partial charge in [-0.3, -0.25) is 9.59 Å². The Morgan fingerprint density at radius 3 is 2.28 bits per heavy atom. The van der Waals surface area contributed by atoms with Crippen LogP contribution in [0.15, 0.2) is 53.4 Å². The molecule has 2 N–H and O–H groups in total. The van der Waals surface area contributed by atoms with Crippen LogP contribution in [0.2, 0.25) is 5.02 Å². The van der Waals surface area contributed by atoms with E-state index < -0.39 is 10.0 Å². The van der Waals surface area contributed by atoms with Gasteiger partial charge in [0.05, 0.1) is 15.5 Å². The number of carbonyl (C=O) groups excluding carboxylic acids is 2. The zero-order chi connectivity index (χ0) is 23.3. The van der Waals surface area contributed by atoms with E-state index in [1.165, 1.54) is 12.1 Å². The molecule has 0 spiro atoms. The van der Waals surface area contributed by atoms with Gasteiger partial charge < -0.3 is 10.6 Å². The van der Waals surface area contributed by atoms with Gasteiger partial charge in [0, 0.05) is 31.7 Å². The Hall–Kier alpha value is -2.42. The number of sulfonamides is 1. The van der Waals surface area contributed by atoms with Crippen LogP contribution in [0.5, 0.6) is 0 Å². The van der Waals surface area contributed by atoms with Crippen molar-refractivity contribution in [1.82, 2.24) is 9.62 Å². The molecule has 1 heterocycles. The molecule has 0 saturated carbocycles. The van der Waals surface area contributed by atoms with Crippen LogP contribution in [-0.4, -0.2) is 44.2 Å². The van der Waals surface area contributed by atoms with Gasteiger partial charge in [-0.15, -0.1) is 0 Å². The number of nitrogens with zero attached hydrogens (tertiary/aromatic N) is 1. The molecule has 0 unspecified atom stereocenters. The summed E-state index contributed by atoms with van der Waals surface area (Å²) in [6, 6.07) is 12.8. The molecule has 2 aromatic carbocycles. The van der Waals surface area contributed by atoms with Crippen molar-refractivity contribution in [3.63, 3.8) is 0 Å². The molecule has 0 radical (unpaired) electrons. The van der Waals surface area contributed by atoms with Crippen LogP contribution < -0.4 is 10.6 Å². The predicted octanol–water partition coefficient (Wildman–Crippen LogP) is 3.77. The topological polar surface area (TPSA) is 95.6 Å². The zero-order valence-electron chi connectivity index (χ0n) is 18.2. The highest BCUT2D eigenvalue weighted by atomic mass is 35.5. The Morgan fingerprint density at radius 1 is 1.03 bits per heavy atom. The number of anilines is 1. The maximum Gasteiger partial charge on any atom is 0.252 e. The van der Waals surface area contributed by atoms with Crippen LogP contribution in [0, 0.1) is 11.8 Å². The molecule has 9 heteroatoms. The minimum absolute atomic E-state index is 0.0692. The van der Waals surface area contributed by atoms with Gasteiger partial charge in [-0.2, -0.15) is 4.31 Å². The van der Waals surface area contributed by atoms with Gasteiger partial charge in [-0.05, 0) is 54.7 Å². The Balaban J connectivity index is 1.52. The van der Waals surface area contributed by atoms with Crippen LogP contribution in [0.4, 0.5) is 5.69 Å². The maximum atomic E-state index is 12.9. The Bertz CT molecular complexity index is 1060. The number of nitrogens with one attached hydrogen (secondary N) is 2. The lowest BCUT2D eigenvalue weighted by molar-refractivity contribution is -0.116. The van der Waals surface area contributed by atoms with Gasteiger partial charge >= 0.3 is 0 Å². The molecule has 3 rings (SSSR count). The van der Waals surface area contributed by atoms with Crippen molar-refractivity contribution in [3.8, 4) is 0 Å². The molecule has 0 aliphatic carbocycles. The summed E-state index contributed by atoms with van der Waals surface area (Å²) in [5.74, 6) is 0.00837. The number of benzene rings is 2. The first-order chi connectivity index (χ1) is 15.2. The van der Waals surface area contributed by atoms with E-state index in [4.69, 9.17) is 11.6 Å². The summed E-state index contributed by atoms with van der Waals surface area (Å²) in [6.07, 6.45) is 1.09. The standard InChI is InChI=1S/C23H28ClN3O4S/c1-16-13-17(2)15-27(14-16)32(30,31)19-9-7-18(8-10-19)26-22(28)11-12-25-23(29)20-5-3-4-6-21(20)24/h3-10,16-17H,11-15H2,1-2H3,(H,25,29)(H,26,28)/t16-,17+. The molecular weight excluding hydrogens is 450 g/mol. The summed E-state index contributed by atoms with van der Waals surface area (Å²) < 4.78 is 27.4. The van der Waals surface area contributed by atoms with E-state index in [-0.39, 0.29) is 29.7 Å². The lowest BCUT2D eigenvalue weighted by Gasteiger charge is -2.34. The van der Waals surface area contributed by atoms with Crippen molar-refractivity contribution >= 4 is 39.1 Å². The lowest BCUT2D eigenvalue weighted by atomic mass is 9.94. The molecule has 0 aromatic heterocycles. The highest BCUT2D eigenvalue weighted by molar-refractivity contribution is 7.89. The Labute approximate surface area is 194 Å². The van der Waals surface area contributed by atoms with Crippen molar-refractivity contribution in [3.05, 3.63) is 59.1 Å². The number of hydrogen-bond donors (Lipinski definition) is 2. The minimum atomic E-state index is -3.56. The smallest absolute Gasteiger partial charge is 0.252 e. The Morgan fingerprint density at radius 2 is 1.66 bits per heavy atom. The molecule has 172 valence electrons. The number of rotatable bonds is 7. The summed E-state index contributed by atoms with van der Waals surface area (Å²) in [4.78, 5) is 24.5. The van der Waals surface area contributed by atoms with E-state index in [9.17, 15) is 18.0 Å². The van der Waals surface area contributed by atoms with Gasteiger partial charge in [-0.25, -0.2) is 8.42 Å². The van der Waals surface area contributed by atoms with Crippen LogP contribution in [-0.2, 0) is 14.8 Å². The molecule has 1 aliphatic heterocycles. The van der Waals surface area contributed by atoms with Crippen molar-refractivity contribution in [2.45, 2.75) is 31.6 Å². The maximum absolute atomic E-state index is 12.9. The highest BCUT2D eigenvalue weighted by Crippen LogP contribution is 2.27. The van der Waals surface area contributed by atoms with Gasteiger partial charge in [0.2, 0.25) is 15.9 Å². The molecule has 1 saturated heterocycles. The molecular formula is C23H28ClN3O4S. The van der Waals surface area contributed by atoms with Gasteiger partial charge in [0.15, 0.2) is 0 Å². The number of amides is 2. The van der Waals surface area contributed by atoms with Crippen molar-refractivity contribution in [2.24, 2.45) is 11.8 Å². The third kappa shape index (κ3) is 6.09. The second-order valence-electron chi connectivity index (χ2n) is 8.33. The summed E-state index contributed by atoms with van der Waals surface area (Å²) in [5.41, 5.74) is 0.843. The molecule has 1 aliphatic rings. The first-order valence-electron chi connectivity index (χ1n) is 10.6. The zero-order valence-corrected chi connectivity index (χ0v) is 19.7. The average molecular weight is 478 g/mol. The summed E-state index contributed by atoms with van der Waals surface area (Å²) in [7, 11) is -3.56. The fraction of sp³-hybridized carbons (Fsp3) is 0.391. The van der Waals surface area contributed by atoms with Gasteiger partial charge in [0.1, 0.15) is 0 Å². The van der Waals surface area contributed by atoms with E-state index in [0.29, 0.717) is 41.2 Å². The molecule has 32 heavy (non-hydrogen) atoms. The molecule has 1 fully saturated rings. The van der Waals surface area contributed by atoms with Crippen LogP contribution >= 0.6 is 11.6 Å². The number of piperidine rings is 1. The number of hydrogen-bond acceptors (Lipinski definition) is 4. The number of halogens is 1. The van der Waals surface area contributed by atoms with Gasteiger partial charge in [0.25, 0.3) is 5.91 Å². The monoisotopic (exact) mass is 477 g/mol. The molecule has 2 atom stereocenters. The fourth-order valence-electron chi connectivity index (χ4n) is 3.91. The second-order valence-corrected chi connectivity index (χ2v) is 10.7. The largest absolute Gasteiger partial charge is 0.351 e. The first kappa shape index (κ1) is 24.2. The van der Waals surface area contributed by atoms with E-state index >= 15 is 0 Å². The van der Waals surface area contributed by atoms with Crippen molar-refractivity contribution in [2.75, 3.05) is 25.0 Å². The predicted molar refractivity (Wildman–Crippen MR) is 125 cm³/mol. The van der Waals surface area contributed by atoms with Gasteiger partial charge in [-0.1, -0.05) is 37.6 Å². The average Bonchev–Trinajstić information content (AvgIpc) is 2.73. The molecule has 2 aromatic rings. The van der Waals surface area contributed by atoms with Crippen molar-refractivity contribution in [1.29, 1.82) is 0 Å². The van der Waals surface area contributed by atoms with E-state index in [1.54, 1.807) is 40.7 Å². The van der Waals surface area contributed by atoms with E-state index in [1.807, 2.05) is 0 Å². The summed E-state index contributed by atoms with van der Waals surface area (Å²) in [5, 5.41) is 5.72. The molecule has 7 nitrogen and oxygen atoms in total. The third-order valence-corrected chi connectivity index (χ3v) is 7.54. The fourth-order valence-corrected chi connectivity index (χ4v) is 5.82. The summed E-state index contributed by atoms with van der Waals surface area (Å²) >= 11 is 5.99. The van der Waals surface area contributed by atoms with Crippen LogP contribution in [0.25, 0.3) is 0 Å². The highest BCUT2D eigenvalue weighted by Gasteiger charge is 2.31. The number of carbonyl (C=O) groups is 2. The minimum Gasteiger partial charge on any atom is -0.351 e. The van der Waals surface area contributed by atoms with Crippen LogP contribution in [0.3, 0.4) is 0 Å². The normalized spacial score (nSPS) is 19.3. The SMILES string of the molecule is C[C@@H]1C[C@H](C)CN(S(=O)(=O)c2ccc(NC(=O)CCNC(=O)c3ccccc3Cl)cc2)C1. The Kier molecular flexibility index (Phi) is 7.92. The first-order valence-corrected chi connectivity index (χ1v) is 12.4. The quantitative estimate of drug-likeness (QED) is 0.634. The lowest BCUT2D eigenvalue weighted by Crippen LogP contribution is -2.42. The molecule has 0 bridgehead atoms. The third-order valence-electron chi connectivity index (χ3n) is 5.37. The van der Waals surface area contributed by atoms with E-state index in [2.05, 4.69) is 24.5 Å². The molecule has 2 amide bonds. The summed E-state index contributed by atoms with van der Waals surface area (Å²) in [6.45, 7) is 5.31. The van der Waals surface area contributed by atoms with E-state index in [0.717, 1.165) is 6.42 Å².